The van der Waals surface area contributed by atoms with Crippen LogP contribution in [0, 0.1) is 6.92 Å². The molecule has 0 bridgehead atoms. The number of nitrogens with zero attached hydrogens (tertiary/aromatic N) is 3. The molecule has 0 aliphatic carbocycles. The number of hydrogen-bond donors (Lipinski definition) is 1. The lowest BCUT2D eigenvalue weighted by molar-refractivity contribution is 0.0690. The Morgan fingerprint density at radius 1 is 1.60 bits per heavy atom. The Bertz CT molecular complexity index is 515. The molecule has 2 aromatic rings. The molecule has 0 aliphatic rings. The van der Waals surface area contributed by atoms with E-state index < -0.39 is 5.97 Å². The minimum atomic E-state index is -0.996. The summed E-state index contributed by atoms with van der Waals surface area (Å²) in [5.41, 5.74) is 0.109. The predicted molar refractivity (Wildman–Crippen MR) is 56.0 cm³/mol. The Hall–Kier alpha value is -1.69. The monoisotopic (exact) mass is 223 g/mol. The number of carboxylic acid groups (broad SMARTS) is 1. The molecular formula is C9H9N3O2S. The lowest BCUT2D eigenvalue weighted by Gasteiger charge is -1.94. The largest absolute Gasteiger partial charge is 0.476 e. The summed E-state index contributed by atoms with van der Waals surface area (Å²) >= 11 is 1.34. The Balaban J connectivity index is 2.52. The van der Waals surface area contributed by atoms with Gasteiger partial charge in [-0.1, -0.05) is 0 Å². The van der Waals surface area contributed by atoms with Crippen LogP contribution in [0.1, 0.15) is 15.4 Å². The summed E-state index contributed by atoms with van der Waals surface area (Å²) in [6, 6.07) is 0. The number of aromatic nitrogens is 3. The van der Waals surface area contributed by atoms with Gasteiger partial charge in [-0.15, -0.1) is 11.3 Å². The Kier molecular flexibility index (Phi) is 2.28. The summed E-state index contributed by atoms with van der Waals surface area (Å²) in [4.78, 5) is 19.7. The zero-order valence-corrected chi connectivity index (χ0v) is 9.08. The van der Waals surface area contributed by atoms with E-state index in [1.165, 1.54) is 11.3 Å². The van der Waals surface area contributed by atoms with Crippen LogP contribution in [0.15, 0.2) is 12.4 Å². The SMILES string of the molecule is Cc1sc(-c2nccn2C)nc1C(=O)O. The number of aromatic carboxylic acids is 1. The van der Waals surface area contributed by atoms with E-state index in [2.05, 4.69) is 9.97 Å². The molecule has 0 amide bonds. The second-order valence-corrected chi connectivity index (χ2v) is 4.29. The molecule has 5 nitrogen and oxygen atoms in total. The molecule has 15 heavy (non-hydrogen) atoms. The third-order valence-electron chi connectivity index (χ3n) is 2.01. The molecule has 78 valence electrons. The number of hydrogen-bond acceptors (Lipinski definition) is 4. The fourth-order valence-electron chi connectivity index (χ4n) is 1.26. The fourth-order valence-corrected chi connectivity index (χ4v) is 2.21. The third kappa shape index (κ3) is 1.63. The standard InChI is InChI=1S/C9H9N3O2S/c1-5-6(9(13)14)11-8(15-5)7-10-3-4-12(7)2/h3-4H,1-2H3,(H,13,14). The highest BCUT2D eigenvalue weighted by Gasteiger charge is 2.16. The Morgan fingerprint density at radius 3 is 2.80 bits per heavy atom. The van der Waals surface area contributed by atoms with Gasteiger partial charge >= 0.3 is 5.97 Å². The van der Waals surface area contributed by atoms with Crippen LogP contribution in [-0.2, 0) is 7.05 Å². The lowest BCUT2D eigenvalue weighted by atomic mass is 10.4. The summed E-state index contributed by atoms with van der Waals surface area (Å²) in [5.74, 6) is -0.306. The molecule has 0 saturated carbocycles. The van der Waals surface area contributed by atoms with Crippen LogP contribution in [-0.4, -0.2) is 25.6 Å². The molecule has 6 heteroatoms. The van der Waals surface area contributed by atoms with Crippen LogP contribution >= 0.6 is 11.3 Å². The van der Waals surface area contributed by atoms with E-state index >= 15 is 0 Å². The molecule has 0 aromatic carbocycles. The average molecular weight is 223 g/mol. The van der Waals surface area contributed by atoms with E-state index in [1.807, 2.05) is 11.6 Å². The van der Waals surface area contributed by atoms with Crippen molar-refractivity contribution in [2.45, 2.75) is 6.92 Å². The molecule has 0 unspecified atom stereocenters. The molecule has 2 aromatic heterocycles. The van der Waals surface area contributed by atoms with Gasteiger partial charge in [-0.3, -0.25) is 0 Å². The second kappa shape index (κ2) is 3.47. The highest BCUT2D eigenvalue weighted by Crippen LogP contribution is 2.25. The third-order valence-corrected chi connectivity index (χ3v) is 2.98. The molecule has 2 rings (SSSR count). The summed E-state index contributed by atoms with van der Waals surface area (Å²) in [5, 5.41) is 9.50. The quantitative estimate of drug-likeness (QED) is 0.838. The van der Waals surface area contributed by atoms with E-state index in [0.717, 1.165) is 0 Å². The van der Waals surface area contributed by atoms with Crippen molar-refractivity contribution in [1.29, 1.82) is 0 Å². The molecule has 1 N–H and O–H groups in total. The first-order valence-electron chi connectivity index (χ1n) is 4.28. The number of imidazole rings is 1. The van der Waals surface area contributed by atoms with E-state index in [9.17, 15) is 4.79 Å². The maximum atomic E-state index is 10.8. The van der Waals surface area contributed by atoms with Crippen LogP contribution in [0.3, 0.4) is 0 Å². The summed E-state index contributed by atoms with van der Waals surface area (Å²) in [6.45, 7) is 1.74. The number of rotatable bonds is 2. The van der Waals surface area contributed by atoms with Gasteiger partial charge in [0.15, 0.2) is 16.5 Å². The van der Waals surface area contributed by atoms with Crippen molar-refractivity contribution in [1.82, 2.24) is 14.5 Å². The highest BCUT2D eigenvalue weighted by molar-refractivity contribution is 7.15. The van der Waals surface area contributed by atoms with Crippen molar-refractivity contribution < 1.29 is 9.90 Å². The second-order valence-electron chi connectivity index (χ2n) is 3.09. The summed E-state index contributed by atoms with van der Waals surface area (Å²) < 4.78 is 1.81. The van der Waals surface area contributed by atoms with Gasteiger partial charge in [0.25, 0.3) is 0 Å². The molecule has 0 atom stereocenters. The number of carboxylic acids is 1. The highest BCUT2D eigenvalue weighted by atomic mass is 32.1. The smallest absolute Gasteiger partial charge is 0.355 e. The van der Waals surface area contributed by atoms with Gasteiger partial charge in [-0.25, -0.2) is 14.8 Å². The van der Waals surface area contributed by atoms with Crippen LogP contribution in [0.2, 0.25) is 0 Å². The van der Waals surface area contributed by atoms with Crippen molar-refractivity contribution in [3.05, 3.63) is 23.0 Å². The maximum absolute atomic E-state index is 10.8. The predicted octanol–water partition coefficient (Wildman–Crippen LogP) is 1.55. The Morgan fingerprint density at radius 2 is 2.33 bits per heavy atom. The van der Waals surface area contributed by atoms with Gasteiger partial charge in [0.2, 0.25) is 0 Å². The number of thiazole rings is 1. The zero-order valence-electron chi connectivity index (χ0n) is 8.26. The first-order valence-corrected chi connectivity index (χ1v) is 5.09. The minimum Gasteiger partial charge on any atom is -0.476 e. The van der Waals surface area contributed by atoms with Crippen LogP contribution in [0.25, 0.3) is 10.8 Å². The van der Waals surface area contributed by atoms with Gasteiger partial charge < -0.3 is 9.67 Å². The first-order chi connectivity index (χ1) is 7.09. The topological polar surface area (TPSA) is 68.0 Å². The van der Waals surface area contributed by atoms with Gasteiger partial charge in [0.05, 0.1) is 0 Å². The summed E-state index contributed by atoms with van der Waals surface area (Å²) in [6.07, 6.45) is 3.46. The van der Waals surface area contributed by atoms with E-state index in [-0.39, 0.29) is 5.69 Å². The van der Waals surface area contributed by atoms with E-state index in [4.69, 9.17) is 5.11 Å². The van der Waals surface area contributed by atoms with Crippen LogP contribution in [0.5, 0.6) is 0 Å². The van der Waals surface area contributed by atoms with Crippen LogP contribution in [0.4, 0.5) is 0 Å². The van der Waals surface area contributed by atoms with Crippen molar-refractivity contribution >= 4 is 17.3 Å². The van der Waals surface area contributed by atoms with Crippen molar-refractivity contribution in [3.8, 4) is 10.8 Å². The molecular weight excluding hydrogens is 214 g/mol. The van der Waals surface area contributed by atoms with Crippen LogP contribution < -0.4 is 0 Å². The minimum absolute atomic E-state index is 0.109. The molecule has 0 radical (unpaired) electrons. The Labute approximate surface area is 90.0 Å². The number of aryl methyl sites for hydroxylation is 2. The molecule has 0 aliphatic heterocycles. The van der Waals surface area contributed by atoms with Crippen molar-refractivity contribution in [2.24, 2.45) is 7.05 Å². The normalized spacial score (nSPS) is 10.5. The van der Waals surface area contributed by atoms with Crippen molar-refractivity contribution in [3.63, 3.8) is 0 Å². The van der Waals surface area contributed by atoms with E-state index in [1.54, 1.807) is 19.3 Å². The van der Waals surface area contributed by atoms with Gasteiger partial charge in [0.1, 0.15) is 0 Å². The van der Waals surface area contributed by atoms with Crippen molar-refractivity contribution in [2.75, 3.05) is 0 Å². The molecule has 0 saturated heterocycles. The molecule has 2 heterocycles. The maximum Gasteiger partial charge on any atom is 0.355 e. The van der Waals surface area contributed by atoms with Gasteiger partial charge in [0, 0.05) is 24.3 Å². The fraction of sp³-hybridized carbons (Fsp3) is 0.222. The lowest BCUT2D eigenvalue weighted by Crippen LogP contribution is -1.99. The summed E-state index contributed by atoms with van der Waals surface area (Å²) in [7, 11) is 1.85. The molecule has 0 spiro atoms. The first kappa shape index (κ1) is 9.85. The van der Waals surface area contributed by atoms with Gasteiger partial charge in [-0.05, 0) is 6.92 Å². The number of carbonyl (C=O) groups is 1. The molecule has 0 fully saturated rings. The van der Waals surface area contributed by atoms with E-state index in [0.29, 0.717) is 15.7 Å². The van der Waals surface area contributed by atoms with Gasteiger partial charge in [-0.2, -0.15) is 0 Å². The zero-order chi connectivity index (χ0) is 11.0. The average Bonchev–Trinajstić information content (AvgIpc) is 2.71.